The second-order valence-corrected chi connectivity index (χ2v) is 4.11. The summed E-state index contributed by atoms with van der Waals surface area (Å²) in [6.45, 7) is 4.55. The number of carbonyl (C=O) groups excluding carboxylic acids is 1. The van der Waals surface area contributed by atoms with Crippen molar-refractivity contribution in [3.63, 3.8) is 0 Å². The molecule has 0 heterocycles. The quantitative estimate of drug-likeness (QED) is 0.748. The highest BCUT2D eigenvalue weighted by Crippen LogP contribution is 2.11. The van der Waals surface area contributed by atoms with Crippen molar-refractivity contribution in [3.05, 3.63) is 29.8 Å². The average Bonchev–Trinajstić information content (AvgIpc) is 2.28. The summed E-state index contributed by atoms with van der Waals surface area (Å²) < 4.78 is 0. The second kappa shape index (κ2) is 6.16. The van der Waals surface area contributed by atoms with Crippen molar-refractivity contribution in [2.24, 2.45) is 5.92 Å². The molecule has 3 N–H and O–H groups in total. The predicted octanol–water partition coefficient (Wildman–Crippen LogP) is 2.32. The van der Waals surface area contributed by atoms with Gasteiger partial charge in [0.2, 0.25) is 5.91 Å². The van der Waals surface area contributed by atoms with Crippen LogP contribution in [0, 0.1) is 5.92 Å². The summed E-state index contributed by atoms with van der Waals surface area (Å²) >= 11 is 0. The minimum atomic E-state index is 0.0786. The first kappa shape index (κ1) is 12.6. The summed E-state index contributed by atoms with van der Waals surface area (Å²) in [5.74, 6) is 0.181. The molecule has 1 aromatic rings. The Morgan fingerprint density at radius 1 is 1.44 bits per heavy atom. The van der Waals surface area contributed by atoms with E-state index in [1.807, 2.05) is 31.2 Å². The van der Waals surface area contributed by atoms with Crippen LogP contribution in [0.15, 0.2) is 24.3 Å². The molecule has 0 aromatic heterocycles. The van der Waals surface area contributed by atoms with Crippen LogP contribution in [0.3, 0.4) is 0 Å². The van der Waals surface area contributed by atoms with Crippen LogP contribution in [0.5, 0.6) is 0 Å². The van der Waals surface area contributed by atoms with Gasteiger partial charge in [-0.15, -0.1) is 0 Å². The van der Waals surface area contributed by atoms with Crippen molar-refractivity contribution >= 4 is 11.6 Å². The highest BCUT2D eigenvalue weighted by atomic mass is 16.1. The van der Waals surface area contributed by atoms with Crippen LogP contribution in [0.1, 0.15) is 32.3 Å². The predicted molar refractivity (Wildman–Crippen MR) is 66.8 cm³/mol. The lowest BCUT2D eigenvalue weighted by Gasteiger charge is -2.12. The molecule has 3 nitrogen and oxygen atoms in total. The van der Waals surface area contributed by atoms with Crippen molar-refractivity contribution in [2.75, 3.05) is 5.73 Å². The molecule has 1 rings (SSSR count). The number of carbonyl (C=O) groups is 1. The number of nitrogen functional groups attached to an aromatic ring is 1. The van der Waals surface area contributed by atoms with E-state index in [0.29, 0.717) is 6.54 Å². The van der Waals surface area contributed by atoms with Gasteiger partial charge in [0.15, 0.2) is 0 Å². The molecule has 1 aromatic carbocycles. The summed E-state index contributed by atoms with van der Waals surface area (Å²) in [5.41, 5.74) is 7.49. The second-order valence-electron chi connectivity index (χ2n) is 4.11. The van der Waals surface area contributed by atoms with Crippen LogP contribution >= 0.6 is 0 Å². The molecule has 0 aliphatic rings. The maximum absolute atomic E-state index is 11.7. The maximum Gasteiger partial charge on any atom is 0.223 e. The standard InChI is InChI=1S/C13H20N2O/c1-3-6-10(2)13(16)15-9-11-7-4-5-8-12(11)14/h4-5,7-8,10H,3,6,9,14H2,1-2H3,(H,15,16). The normalized spacial score (nSPS) is 12.1. The molecule has 0 fully saturated rings. The molecular formula is C13H20N2O. The third-order valence-electron chi connectivity index (χ3n) is 2.68. The van der Waals surface area contributed by atoms with Gasteiger partial charge >= 0.3 is 0 Å². The number of hydrogen-bond donors (Lipinski definition) is 2. The summed E-state index contributed by atoms with van der Waals surface area (Å²) in [6.07, 6.45) is 1.96. The number of anilines is 1. The van der Waals surface area contributed by atoms with E-state index in [4.69, 9.17) is 5.73 Å². The van der Waals surface area contributed by atoms with Crippen molar-refractivity contribution in [2.45, 2.75) is 33.2 Å². The zero-order valence-corrected chi connectivity index (χ0v) is 9.99. The Hall–Kier alpha value is -1.51. The van der Waals surface area contributed by atoms with E-state index >= 15 is 0 Å². The van der Waals surface area contributed by atoms with E-state index in [2.05, 4.69) is 12.2 Å². The SMILES string of the molecule is CCCC(C)C(=O)NCc1ccccc1N. The number of amides is 1. The zero-order chi connectivity index (χ0) is 12.0. The number of hydrogen-bond acceptors (Lipinski definition) is 2. The molecule has 0 saturated carbocycles. The monoisotopic (exact) mass is 220 g/mol. The molecule has 0 saturated heterocycles. The van der Waals surface area contributed by atoms with Gasteiger partial charge in [0.05, 0.1) is 0 Å². The zero-order valence-electron chi connectivity index (χ0n) is 9.99. The molecule has 1 amide bonds. The third-order valence-corrected chi connectivity index (χ3v) is 2.68. The summed E-state index contributed by atoms with van der Waals surface area (Å²) in [4.78, 5) is 11.7. The van der Waals surface area contributed by atoms with E-state index < -0.39 is 0 Å². The largest absolute Gasteiger partial charge is 0.398 e. The van der Waals surface area contributed by atoms with Crippen molar-refractivity contribution in [1.29, 1.82) is 0 Å². The Labute approximate surface area is 97.0 Å². The average molecular weight is 220 g/mol. The molecule has 0 bridgehead atoms. The molecule has 0 spiro atoms. The summed E-state index contributed by atoms with van der Waals surface area (Å²) in [6, 6.07) is 7.59. The maximum atomic E-state index is 11.7. The van der Waals surface area contributed by atoms with Gasteiger partial charge in [-0.3, -0.25) is 4.79 Å². The van der Waals surface area contributed by atoms with E-state index in [-0.39, 0.29) is 11.8 Å². The number of nitrogens with one attached hydrogen (secondary N) is 1. The van der Waals surface area contributed by atoms with Crippen LogP contribution in [0.25, 0.3) is 0 Å². The number of nitrogens with two attached hydrogens (primary N) is 1. The first-order valence-electron chi connectivity index (χ1n) is 5.76. The summed E-state index contributed by atoms with van der Waals surface area (Å²) in [7, 11) is 0. The third kappa shape index (κ3) is 3.57. The van der Waals surface area contributed by atoms with Gasteiger partial charge < -0.3 is 11.1 Å². The highest BCUT2D eigenvalue weighted by molar-refractivity contribution is 5.78. The van der Waals surface area contributed by atoms with Gasteiger partial charge in [-0.2, -0.15) is 0 Å². The van der Waals surface area contributed by atoms with Crippen LogP contribution in [-0.4, -0.2) is 5.91 Å². The smallest absolute Gasteiger partial charge is 0.223 e. The van der Waals surface area contributed by atoms with Crippen molar-refractivity contribution in [3.8, 4) is 0 Å². The molecule has 0 aliphatic heterocycles. The van der Waals surface area contributed by atoms with Crippen molar-refractivity contribution in [1.82, 2.24) is 5.32 Å². The fraction of sp³-hybridized carbons (Fsp3) is 0.462. The fourth-order valence-electron chi connectivity index (χ4n) is 1.62. The minimum Gasteiger partial charge on any atom is -0.398 e. The van der Waals surface area contributed by atoms with E-state index in [9.17, 15) is 4.79 Å². The van der Waals surface area contributed by atoms with E-state index in [1.54, 1.807) is 0 Å². The van der Waals surface area contributed by atoms with E-state index in [0.717, 1.165) is 24.1 Å². The van der Waals surface area contributed by atoms with Gasteiger partial charge in [0, 0.05) is 18.2 Å². The first-order valence-corrected chi connectivity index (χ1v) is 5.76. The number of rotatable bonds is 5. The van der Waals surface area contributed by atoms with Gasteiger partial charge in [-0.25, -0.2) is 0 Å². The van der Waals surface area contributed by atoms with Gasteiger partial charge in [-0.1, -0.05) is 38.5 Å². The number of benzene rings is 1. The fourth-order valence-corrected chi connectivity index (χ4v) is 1.62. The topological polar surface area (TPSA) is 55.1 Å². The highest BCUT2D eigenvalue weighted by Gasteiger charge is 2.11. The molecule has 3 heteroatoms. The Bertz CT molecular complexity index is 350. The Balaban J connectivity index is 2.46. The van der Waals surface area contributed by atoms with Crippen LogP contribution in [-0.2, 0) is 11.3 Å². The lowest BCUT2D eigenvalue weighted by atomic mass is 10.1. The Morgan fingerprint density at radius 3 is 2.75 bits per heavy atom. The van der Waals surface area contributed by atoms with Crippen LogP contribution in [0.4, 0.5) is 5.69 Å². The molecule has 0 aliphatic carbocycles. The molecule has 88 valence electrons. The van der Waals surface area contributed by atoms with Crippen molar-refractivity contribution < 1.29 is 4.79 Å². The number of para-hydroxylation sites is 1. The summed E-state index contributed by atoms with van der Waals surface area (Å²) in [5, 5.41) is 2.91. The Kier molecular flexibility index (Phi) is 4.83. The molecular weight excluding hydrogens is 200 g/mol. The molecule has 1 unspecified atom stereocenters. The van der Waals surface area contributed by atoms with Gasteiger partial charge in [0.1, 0.15) is 0 Å². The lowest BCUT2D eigenvalue weighted by molar-refractivity contribution is -0.124. The van der Waals surface area contributed by atoms with E-state index in [1.165, 1.54) is 0 Å². The first-order chi connectivity index (χ1) is 7.65. The lowest BCUT2D eigenvalue weighted by Crippen LogP contribution is -2.28. The van der Waals surface area contributed by atoms with Gasteiger partial charge in [0.25, 0.3) is 0 Å². The van der Waals surface area contributed by atoms with Gasteiger partial charge in [-0.05, 0) is 18.1 Å². The molecule has 0 radical (unpaired) electrons. The molecule has 1 atom stereocenters. The van der Waals surface area contributed by atoms with Crippen LogP contribution < -0.4 is 11.1 Å². The van der Waals surface area contributed by atoms with Crippen LogP contribution in [0.2, 0.25) is 0 Å². The molecule has 16 heavy (non-hydrogen) atoms. The Morgan fingerprint density at radius 2 is 2.12 bits per heavy atom. The minimum absolute atomic E-state index is 0.0786.